The molecule has 3 heteroatoms. The molecule has 0 spiro atoms. The van der Waals surface area contributed by atoms with Gasteiger partial charge in [0.15, 0.2) is 0 Å². The molecular formula is C16H16FIO. The predicted molar refractivity (Wildman–Crippen MR) is 85.5 cm³/mol. The van der Waals surface area contributed by atoms with E-state index in [2.05, 4.69) is 12.1 Å². The average molecular weight is 370 g/mol. The summed E-state index contributed by atoms with van der Waals surface area (Å²) in [6.45, 7) is 0.583. The summed E-state index contributed by atoms with van der Waals surface area (Å²) in [5.74, 6) is 0. The molecule has 2 rings (SSSR count). The minimum absolute atomic E-state index is 0.583. The molecule has 0 aliphatic heterocycles. The number of halogens is 2. The fourth-order valence-electron chi connectivity index (χ4n) is 1.58. The maximum absolute atomic E-state index is 13.9. The molecule has 0 aromatic heterocycles. The Kier molecular flexibility index (Phi) is 5.88. The van der Waals surface area contributed by atoms with E-state index in [9.17, 15) is 2.86 Å². The number of benzene rings is 2. The summed E-state index contributed by atoms with van der Waals surface area (Å²) in [7, 11) is 0. The Morgan fingerprint density at radius 1 is 0.947 bits per heavy atom. The van der Waals surface area contributed by atoms with Gasteiger partial charge in [-0.15, -0.1) is 0 Å². The van der Waals surface area contributed by atoms with Crippen LogP contribution in [0.4, 0.5) is 2.86 Å². The van der Waals surface area contributed by atoms with Crippen LogP contribution in [0.3, 0.4) is 0 Å². The molecule has 0 saturated carbocycles. The minimum atomic E-state index is -2.66. The first-order valence-corrected chi connectivity index (χ1v) is 9.22. The van der Waals surface area contributed by atoms with Crippen LogP contribution in [-0.4, -0.2) is 6.61 Å². The van der Waals surface area contributed by atoms with Gasteiger partial charge in [-0.1, -0.05) is 0 Å². The molecule has 0 N–H and O–H groups in total. The fourth-order valence-corrected chi connectivity index (χ4v) is 3.56. The Labute approximate surface area is 121 Å². The van der Waals surface area contributed by atoms with Crippen molar-refractivity contribution >= 4 is 20.4 Å². The third-order valence-corrected chi connectivity index (χ3v) is 5.39. The Balaban J connectivity index is 1.72. The molecule has 100 valence electrons. The topological polar surface area (TPSA) is 9.23 Å². The average Bonchev–Trinajstić information content (AvgIpc) is 2.49. The summed E-state index contributed by atoms with van der Waals surface area (Å²) in [4.78, 5) is 0. The second-order valence-corrected chi connectivity index (χ2v) is 7.39. The molecule has 0 bridgehead atoms. The molecule has 0 amide bonds. The van der Waals surface area contributed by atoms with Gasteiger partial charge in [-0.2, -0.15) is 0 Å². The number of hydrogen-bond donors (Lipinski definition) is 0. The predicted octanol–water partition coefficient (Wildman–Crippen LogP) is 4.98. The van der Waals surface area contributed by atoms with Crippen molar-refractivity contribution in [3.05, 3.63) is 80.1 Å². The zero-order valence-electron chi connectivity index (χ0n) is 10.5. The third-order valence-electron chi connectivity index (χ3n) is 2.55. The molecule has 0 unspecified atom stereocenters. The Hall–Kier alpha value is -1.36. The van der Waals surface area contributed by atoms with E-state index in [-0.39, 0.29) is 0 Å². The van der Waals surface area contributed by atoms with Gasteiger partial charge in [-0.05, 0) is 0 Å². The van der Waals surface area contributed by atoms with E-state index in [0.29, 0.717) is 6.61 Å². The van der Waals surface area contributed by atoms with E-state index in [4.69, 9.17) is 4.74 Å². The van der Waals surface area contributed by atoms with Crippen molar-refractivity contribution in [3.8, 4) is 0 Å². The van der Waals surface area contributed by atoms with E-state index < -0.39 is 20.4 Å². The molecule has 19 heavy (non-hydrogen) atoms. The third kappa shape index (κ3) is 5.03. The van der Waals surface area contributed by atoms with Crippen molar-refractivity contribution < 1.29 is 7.60 Å². The summed E-state index contributed by atoms with van der Waals surface area (Å²) < 4.78 is 21.6. The molecule has 0 radical (unpaired) electrons. The first-order valence-electron chi connectivity index (χ1n) is 6.08. The number of hydrogen-bond acceptors (Lipinski definition) is 1. The molecule has 0 aliphatic rings. The molecule has 1 nitrogen and oxygen atoms in total. The molecule has 0 saturated heterocycles. The van der Waals surface area contributed by atoms with E-state index in [1.54, 1.807) is 4.08 Å². The van der Waals surface area contributed by atoms with Crippen molar-refractivity contribution in [1.82, 2.24) is 0 Å². The SMILES string of the molecule is FI(/C=C\OCCc1ccccc1)c1ccccc1. The van der Waals surface area contributed by atoms with Gasteiger partial charge in [0.05, 0.1) is 0 Å². The molecule has 0 atom stereocenters. The number of rotatable bonds is 6. The van der Waals surface area contributed by atoms with Crippen LogP contribution in [0.5, 0.6) is 0 Å². The molecule has 2 aromatic rings. The van der Waals surface area contributed by atoms with Crippen LogP contribution in [0.1, 0.15) is 5.56 Å². The first kappa shape index (κ1) is 14.1. The van der Waals surface area contributed by atoms with E-state index in [0.717, 1.165) is 9.99 Å². The molecule has 0 aliphatic carbocycles. The van der Waals surface area contributed by atoms with Gasteiger partial charge in [-0.25, -0.2) is 0 Å². The van der Waals surface area contributed by atoms with Crippen molar-refractivity contribution in [1.29, 1.82) is 0 Å². The van der Waals surface area contributed by atoms with Crippen molar-refractivity contribution in [2.45, 2.75) is 6.42 Å². The van der Waals surface area contributed by atoms with Gasteiger partial charge in [-0.3, -0.25) is 0 Å². The monoisotopic (exact) mass is 370 g/mol. The van der Waals surface area contributed by atoms with Crippen molar-refractivity contribution in [2.24, 2.45) is 0 Å². The normalized spacial score (nSPS) is 11.5. The van der Waals surface area contributed by atoms with Crippen LogP contribution >= 0.6 is 20.4 Å². The summed E-state index contributed by atoms with van der Waals surface area (Å²) in [6, 6.07) is 19.4. The van der Waals surface area contributed by atoms with Gasteiger partial charge < -0.3 is 0 Å². The van der Waals surface area contributed by atoms with Gasteiger partial charge in [0, 0.05) is 0 Å². The molecule has 0 fully saturated rings. The summed E-state index contributed by atoms with van der Waals surface area (Å²) in [6.07, 6.45) is 2.36. The summed E-state index contributed by atoms with van der Waals surface area (Å²) >= 11 is -2.66. The van der Waals surface area contributed by atoms with Gasteiger partial charge in [0.25, 0.3) is 0 Å². The van der Waals surface area contributed by atoms with Gasteiger partial charge in [0.2, 0.25) is 0 Å². The first-order chi connectivity index (χ1) is 9.36. The second kappa shape index (κ2) is 7.94. The van der Waals surface area contributed by atoms with Crippen molar-refractivity contribution in [3.63, 3.8) is 0 Å². The van der Waals surface area contributed by atoms with Crippen LogP contribution in [-0.2, 0) is 11.2 Å². The van der Waals surface area contributed by atoms with Gasteiger partial charge in [0.1, 0.15) is 0 Å². The number of ether oxygens (including phenoxy) is 1. The maximum atomic E-state index is 13.9. The molecule has 0 heterocycles. The zero-order chi connectivity index (χ0) is 13.3. The van der Waals surface area contributed by atoms with Crippen LogP contribution in [0.2, 0.25) is 0 Å². The molecular weight excluding hydrogens is 354 g/mol. The molecule has 2 aromatic carbocycles. The van der Waals surface area contributed by atoms with E-state index >= 15 is 0 Å². The Morgan fingerprint density at radius 2 is 1.58 bits per heavy atom. The fraction of sp³-hybridized carbons (Fsp3) is 0.125. The summed E-state index contributed by atoms with van der Waals surface area (Å²) in [5.41, 5.74) is 1.23. The van der Waals surface area contributed by atoms with Crippen LogP contribution in [0.15, 0.2) is 71.0 Å². The standard InChI is InChI=1S/C16H16FIO/c17-18(16-9-5-2-6-10-16)12-14-19-13-11-15-7-3-1-4-8-15/h1-10,12,14H,11,13H2/b14-12-. The van der Waals surface area contributed by atoms with E-state index in [1.807, 2.05) is 48.5 Å². The van der Waals surface area contributed by atoms with Crippen LogP contribution in [0.25, 0.3) is 0 Å². The van der Waals surface area contributed by atoms with E-state index in [1.165, 1.54) is 11.8 Å². The van der Waals surface area contributed by atoms with Gasteiger partial charge >= 0.3 is 121 Å². The van der Waals surface area contributed by atoms with Crippen molar-refractivity contribution in [2.75, 3.05) is 6.61 Å². The summed E-state index contributed by atoms with van der Waals surface area (Å²) in [5, 5.41) is 0. The Morgan fingerprint density at radius 3 is 2.26 bits per heavy atom. The quantitative estimate of drug-likeness (QED) is 0.396. The Bertz CT molecular complexity index is 499. The second-order valence-electron chi connectivity index (χ2n) is 3.93. The van der Waals surface area contributed by atoms with Crippen LogP contribution in [0, 0.1) is 3.57 Å². The zero-order valence-corrected chi connectivity index (χ0v) is 12.7. The van der Waals surface area contributed by atoms with Crippen LogP contribution < -0.4 is 0 Å².